The second kappa shape index (κ2) is 7.20. The molecule has 2 aromatic rings. The summed E-state index contributed by atoms with van der Waals surface area (Å²) >= 11 is 0. The van der Waals surface area contributed by atoms with E-state index in [0.29, 0.717) is 13.2 Å². The summed E-state index contributed by atoms with van der Waals surface area (Å²) in [7, 11) is 0. The number of carbonyl (C=O) groups excluding carboxylic acids is 1. The third-order valence-electron chi connectivity index (χ3n) is 5.88. The van der Waals surface area contributed by atoms with Crippen molar-refractivity contribution in [3.8, 4) is 5.75 Å². The topological polar surface area (TPSA) is 55.6 Å². The SMILES string of the molecule is CC(=Cc1ccccc1)C(=O)N1CCC2(CC1)COc1ccc(CN)cc12. The van der Waals surface area contributed by atoms with Crippen molar-refractivity contribution in [2.24, 2.45) is 5.73 Å². The molecule has 0 saturated carbocycles. The van der Waals surface area contributed by atoms with Crippen LogP contribution in [0, 0.1) is 0 Å². The first-order valence-electron chi connectivity index (χ1n) is 9.60. The number of hydrogen-bond acceptors (Lipinski definition) is 3. The molecular formula is C23H26N2O2. The third-order valence-corrected chi connectivity index (χ3v) is 5.88. The number of piperidine rings is 1. The largest absolute Gasteiger partial charge is 0.492 e. The van der Waals surface area contributed by atoms with Crippen LogP contribution in [0.5, 0.6) is 5.75 Å². The summed E-state index contributed by atoms with van der Waals surface area (Å²) in [5.74, 6) is 1.11. The van der Waals surface area contributed by atoms with E-state index in [1.165, 1.54) is 5.56 Å². The van der Waals surface area contributed by atoms with Crippen LogP contribution in [0.4, 0.5) is 0 Å². The van der Waals surface area contributed by atoms with Gasteiger partial charge in [0.15, 0.2) is 0 Å². The van der Waals surface area contributed by atoms with Crippen molar-refractivity contribution in [2.75, 3.05) is 19.7 Å². The van der Waals surface area contributed by atoms with Crippen LogP contribution in [0.2, 0.25) is 0 Å². The minimum atomic E-state index is 0.0222. The second-order valence-corrected chi connectivity index (χ2v) is 7.63. The van der Waals surface area contributed by atoms with Gasteiger partial charge in [-0.25, -0.2) is 0 Å². The van der Waals surface area contributed by atoms with Gasteiger partial charge in [0.2, 0.25) is 5.91 Å². The first kappa shape index (κ1) is 17.8. The molecule has 0 bridgehead atoms. The van der Waals surface area contributed by atoms with Crippen LogP contribution in [0.3, 0.4) is 0 Å². The van der Waals surface area contributed by atoms with Crippen molar-refractivity contribution in [1.82, 2.24) is 4.90 Å². The predicted octanol–water partition coefficient (Wildman–Crippen LogP) is 3.50. The van der Waals surface area contributed by atoms with Gasteiger partial charge in [0.25, 0.3) is 0 Å². The van der Waals surface area contributed by atoms with Gasteiger partial charge in [0.05, 0.1) is 6.61 Å². The molecule has 1 saturated heterocycles. The molecule has 2 heterocycles. The molecule has 0 aliphatic carbocycles. The van der Waals surface area contributed by atoms with Gasteiger partial charge >= 0.3 is 0 Å². The van der Waals surface area contributed by atoms with Crippen molar-refractivity contribution in [2.45, 2.75) is 31.7 Å². The monoisotopic (exact) mass is 362 g/mol. The summed E-state index contributed by atoms with van der Waals surface area (Å²) in [6.45, 7) is 4.67. The van der Waals surface area contributed by atoms with Crippen LogP contribution >= 0.6 is 0 Å². The Bertz CT molecular complexity index is 865. The number of carbonyl (C=O) groups is 1. The summed E-state index contributed by atoms with van der Waals surface area (Å²) in [4.78, 5) is 14.8. The van der Waals surface area contributed by atoms with Gasteiger partial charge in [-0.1, -0.05) is 42.5 Å². The van der Waals surface area contributed by atoms with Crippen molar-refractivity contribution in [3.63, 3.8) is 0 Å². The normalized spacial score (nSPS) is 18.3. The maximum Gasteiger partial charge on any atom is 0.249 e. The second-order valence-electron chi connectivity index (χ2n) is 7.63. The number of rotatable bonds is 3. The van der Waals surface area contributed by atoms with Crippen LogP contribution in [-0.2, 0) is 16.8 Å². The first-order valence-corrected chi connectivity index (χ1v) is 9.60. The molecule has 2 N–H and O–H groups in total. The van der Waals surface area contributed by atoms with Gasteiger partial charge in [-0.3, -0.25) is 4.79 Å². The number of amides is 1. The van der Waals surface area contributed by atoms with Crippen molar-refractivity contribution < 1.29 is 9.53 Å². The van der Waals surface area contributed by atoms with E-state index in [9.17, 15) is 4.79 Å². The number of fused-ring (bicyclic) bond motifs is 2. The molecule has 1 amide bonds. The average Bonchev–Trinajstić information content (AvgIpc) is 3.06. The van der Waals surface area contributed by atoms with E-state index < -0.39 is 0 Å². The maximum atomic E-state index is 12.9. The van der Waals surface area contributed by atoms with Crippen molar-refractivity contribution in [3.05, 3.63) is 70.8 Å². The molecule has 4 heteroatoms. The van der Waals surface area contributed by atoms with E-state index >= 15 is 0 Å². The molecule has 0 radical (unpaired) electrons. The molecule has 2 aliphatic rings. The minimum Gasteiger partial charge on any atom is -0.492 e. The lowest BCUT2D eigenvalue weighted by Crippen LogP contribution is -2.46. The van der Waals surface area contributed by atoms with Gasteiger partial charge in [0, 0.05) is 36.2 Å². The fraction of sp³-hybridized carbons (Fsp3) is 0.348. The number of likely N-dealkylation sites (tertiary alicyclic amines) is 1. The molecule has 1 fully saturated rings. The third kappa shape index (κ3) is 3.37. The van der Waals surface area contributed by atoms with Gasteiger partial charge in [-0.2, -0.15) is 0 Å². The van der Waals surface area contributed by atoms with E-state index in [0.717, 1.165) is 48.4 Å². The highest BCUT2D eigenvalue weighted by Gasteiger charge is 2.43. The number of nitrogens with two attached hydrogens (primary N) is 1. The Kier molecular flexibility index (Phi) is 4.75. The van der Waals surface area contributed by atoms with Gasteiger partial charge in [-0.15, -0.1) is 0 Å². The molecule has 0 atom stereocenters. The van der Waals surface area contributed by atoms with Crippen LogP contribution in [0.1, 0.15) is 36.5 Å². The summed E-state index contributed by atoms with van der Waals surface area (Å²) in [6.07, 6.45) is 3.82. The molecule has 1 spiro atoms. The van der Waals surface area contributed by atoms with E-state index in [4.69, 9.17) is 10.5 Å². The Labute approximate surface area is 160 Å². The molecule has 140 valence electrons. The lowest BCUT2D eigenvalue weighted by atomic mass is 9.74. The Hall–Kier alpha value is -2.59. The van der Waals surface area contributed by atoms with Crippen LogP contribution in [0.25, 0.3) is 6.08 Å². The maximum absolute atomic E-state index is 12.9. The van der Waals surface area contributed by atoms with Gasteiger partial charge < -0.3 is 15.4 Å². The highest BCUT2D eigenvalue weighted by molar-refractivity contribution is 5.97. The summed E-state index contributed by atoms with van der Waals surface area (Å²) in [5, 5.41) is 0. The summed E-state index contributed by atoms with van der Waals surface area (Å²) < 4.78 is 5.96. The lowest BCUT2D eigenvalue weighted by molar-refractivity contribution is -0.128. The number of hydrogen-bond donors (Lipinski definition) is 1. The predicted molar refractivity (Wildman–Crippen MR) is 107 cm³/mol. The standard InChI is InChI=1S/C23H26N2O2/c1-17(13-18-5-3-2-4-6-18)22(26)25-11-9-23(10-12-25)16-27-21-8-7-19(15-24)14-20(21)23/h2-8,13-14H,9-12,15-16,24H2,1H3. The summed E-state index contributed by atoms with van der Waals surface area (Å²) in [5.41, 5.74) is 10.1. The molecule has 2 aromatic carbocycles. The van der Waals surface area contributed by atoms with E-state index in [2.05, 4.69) is 6.07 Å². The molecule has 0 unspecified atom stereocenters. The Morgan fingerprint density at radius 2 is 1.93 bits per heavy atom. The zero-order valence-electron chi connectivity index (χ0n) is 15.8. The Morgan fingerprint density at radius 1 is 1.19 bits per heavy atom. The fourth-order valence-electron chi connectivity index (χ4n) is 4.20. The highest BCUT2D eigenvalue weighted by Crippen LogP contribution is 2.45. The number of nitrogens with zero attached hydrogens (tertiary/aromatic N) is 1. The van der Waals surface area contributed by atoms with Gasteiger partial charge in [-0.05, 0) is 43.0 Å². The zero-order valence-corrected chi connectivity index (χ0v) is 15.8. The van der Waals surface area contributed by atoms with E-state index in [1.807, 2.05) is 60.4 Å². The molecular weight excluding hydrogens is 336 g/mol. The lowest BCUT2D eigenvalue weighted by Gasteiger charge is -2.38. The zero-order chi connectivity index (χ0) is 18.9. The smallest absolute Gasteiger partial charge is 0.249 e. The number of benzene rings is 2. The minimum absolute atomic E-state index is 0.0222. The van der Waals surface area contributed by atoms with Crippen LogP contribution < -0.4 is 10.5 Å². The van der Waals surface area contributed by atoms with Crippen LogP contribution in [-0.4, -0.2) is 30.5 Å². The van der Waals surface area contributed by atoms with Crippen molar-refractivity contribution in [1.29, 1.82) is 0 Å². The average molecular weight is 362 g/mol. The Balaban J connectivity index is 1.47. The van der Waals surface area contributed by atoms with E-state index in [-0.39, 0.29) is 11.3 Å². The fourth-order valence-corrected chi connectivity index (χ4v) is 4.20. The molecule has 4 nitrogen and oxygen atoms in total. The molecule has 0 aromatic heterocycles. The first-order chi connectivity index (χ1) is 13.1. The molecule has 27 heavy (non-hydrogen) atoms. The quantitative estimate of drug-likeness (QED) is 0.850. The van der Waals surface area contributed by atoms with Crippen LogP contribution in [0.15, 0.2) is 54.1 Å². The summed E-state index contributed by atoms with van der Waals surface area (Å²) in [6, 6.07) is 16.3. The Morgan fingerprint density at radius 3 is 2.63 bits per heavy atom. The highest BCUT2D eigenvalue weighted by atomic mass is 16.5. The number of ether oxygens (including phenoxy) is 1. The molecule has 2 aliphatic heterocycles. The van der Waals surface area contributed by atoms with Crippen molar-refractivity contribution >= 4 is 12.0 Å². The van der Waals surface area contributed by atoms with Gasteiger partial charge in [0.1, 0.15) is 5.75 Å². The van der Waals surface area contributed by atoms with E-state index in [1.54, 1.807) is 0 Å². The molecule has 4 rings (SSSR count).